The van der Waals surface area contributed by atoms with E-state index in [-0.39, 0.29) is 31.5 Å². The van der Waals surface area contributed by atoms with Crippen LogP contribution in [0.1, 0.15) is 28.0 Å². The van der Waals surface area contributed by atoms with Crippen LogP contribution in [0, 0.1) is 24.7 Å². The molecule has 1 saturated carbocycles. The van der Waals surface area contributed by atoms with Crippen LogP contribution in [0.4, 0.5) is 0 Å². The second kappa shape index (κ2) is 6.28. The van der Waals surface area contributed by atoms with E-state index in [2.05, 4.69) is 4.98 Å². The molecule has 2 aliphatic rings. The summed E-state index contributed by atoms with van der Waals surface area (Å²) in [5, 5.41) is 25.6. The lowest BCUT2D eigenvalue weighted by molar-refractivity contribution is -0.151. The Kier molecular flexibility index (Phi) is 4.63. The van der Waals surface area contributed by atoms with E-state index in [0.29, 0.717) is 11.3 Å². The van der Waals surface area contributed by atoms with Crippen LogP contribution in [0.2, 0.25) is 0 Å². The van der Waals surface area contributed by atoms with Gasteiger partial charge in [0.15, 0.2) is 0 Å². The van der Waals surface area contributed by atoms with E-state index in [4.69, 9.17) is 9.90 Å². The quantitative estimate of drug-likeness (QED) is 0.529. The number of carbonyl (C=O) groups is 4. The predicted octanol–water partition coefficient (Wildman–Crippen LogP) is -0.306. The van der Waals surface area contributed by atoms with Gasteiger partial charge in [0.1, 0.15) is 16.4 Å². The summed E-state index contributed by atoms with van der Waals surface area (Å²) in [6.45, 7) is 2.67. The number of hydrogen-bond donors (Lipinski definition) is 4. The molecule has 0 spiro atoms. The molecule has 10 nitrogen and oxygen atoms in total. The first-order chi connectivity index (χ1) is 12.1. The highest BCUT2D eigenvalue weighted by Gasteiger charge is 2.81. The Labute approximate surface area is 147 Å². The van der Waals surface area contributed by atoms with Crippen LogP contribution in [0.3, 0.4) is 0 Å². The second-order valence-corrected chi connectivity index (χ2v) is 6.56. The van der Waals surface area contributed by atoms with E-state index in [0.717, 1.165) is 0 Å². The molecule has 4 N–H and O–H groups in total. The number of amides is 1. The van der Waals surface area contributed by atoms with Crippen LogP contribution in [0.5, 0.6) is 0 Å². The van der Waals surface area contributed by atoms with Crippen molar-refractivity contribution in [2.24, 2.45) is 10.8 Å². The number of carboxylic acids is 2. The van der Waals surface area contributed by atoms with Crippen LogP contribution in [-0.2, 0) is 14.4 Å². The lowest BCUT2D eigenvalue weighted by Crippen LogP contribution is -2.38. The highest BCUT2D eigenvalue weighted by Crippen LogP contribution is 2.68. The SMILES string of the molecule is Cc1cc(C)c(C(=O)N2C[C@@]3(C(=O)O)C[C@@]3(C(=O)O)C2)c(=O)[nH]1.O=CO. The van der Waals surface area contributed by atoms with Gasteiger partial charge < -0.3 is 25.2 Å². The molecule has 1 amide bonds. The Bertz CT molecular complexity index is 832. The Hall–Kier alpha value is -3.17. The summed E-state index contributed by atoms with van der Waals surface area (Å²) in [6.07, 6.45) is 0.0116. The number of nitrogens with one attached hydrogen (secondary N) is 1. The highest BCUT2D eigenvalue weighted by atomic mass is 16.4. The number of aliphatic carboxylic acids is 2. The van der Waals surface area contributed by atoms with Gasteiger partial charge in [0.05, 0.1) is 0 Å². The number of hydrogen-bond acceptors (Lipinski definition) is 5. The van der Waals surface area contributed by atoms with Crippen LogP contribution in [-0.4, -0.2) is 62.6 Å². The van der Waals surface area contributed by atoms with Crippen molar-refractivity contribution in [2.75, 3.05) is 13.1 Å². The minimum atomic E-state index is -1.44. The fraction of sp³-hybridized carbons (Fsp3) is 0.438. The van der Waals surface area contributed by atoms with Crippen molar-refractivity contribution in [1.29, 1.82) is 0 Å². The molecule has 1 aromatic rings. The van der Waals surface area contributed by atoms with Gasteiger partial charge in [-0.2, -0.15) is 0 Å². The smallest absolute Gasteiger partial charge is 0.312 e. The number of piperidine rings is 1. The first-order valence-electron chi connectivity index (χ1n) is 7.61. The van der Waals surface area contributed by atoms with Crippen molar-refractivity contribution in [3.63, 3.8) is 0 Å². The van der Waals surface area contributed by atoms with E-state index in [1.807, 2.05) is 0 Å². The summed E-state index contributed by atoms with van der Waals surface area (Å²) in [5.74, 6) is -3.06. The molecule has 2 heterocycles. The standard InChI is InChI=1S/C15H16N2O6.CH2O2/c1-7-3-8(2)16-10(18)9(7)11(19)17-5-14(12(20)21)4-15(14,6-17)13(22)23;2-1-3/h3H,4-6H2,1-2H3,(H,16,18)(H,20,21)(H,22,23);1H,(H,2,3)/t14-,15+;. The highest BCUT2D eigenvalue weighted by molar-refractivity contribution is 6.00. The third-order valence-corrected chi connectivity index (χ3v) is 5.00. The maximum atomic E-state index is 12.6. The van der Waals surface area contributed by atoms with Crippen LogP contribution < -0.4 is 5.56 Å². The van der Waals surface area contributed by atoms with Gasteiger partial charge in [-0.05, 0) is 31.9 Å². The molecule has 0 bridgehead atoms. The molecule has 1 aliphatic carbocycles. The van der Waals surface area contributed by atoms with E-state index in [1.54, 1.807) is 19.9 Å². The van der Waals surface area contributed by atoms with E-state index in [1.165, 1.54) is 4.90 Å². The molecule has 1 saturated heterocycles. The third kappa shape index (κ3) is 2.63. The van der Waals surface area contributed by atoms with Gasteiger partial charge >= 0.3 is 11.9 Å². The maximum absolute atomic E-state index is 12.6. The molecule has 10 heteroatoms. The van der Waals surface area contributed by atoms with E-state index in [9.17, 15) is 29.4 Å². The van der Waals surface area contributed by atoms with Gasteiger partial charge in [-0.1, -0.05) is 0 Å². The zero-order chi connectivity index (χ0) is 19.9. The Morgan fingerprint density at radius 3 is 2.00 bits per heavy atom. The van der Waals surface area contributed by atoms with Crippen molar-refractivity contribution < 1.29 is 34.5 Å². The van der Waals surface area contributed by atoms with Crippen LogP contribution in [0.25, 0.3) is 0 Å². The number of likely N-dealkylation sites (tertiary alicyclic amines) is 1. The second-order valence-electron chi connectivity index (χ2n) is 6.56. The number of fused-ring (bicyclic) bond motifs is 1. The number of H-pyrrole nitrogens is 1. The number of carbonyl (C=O) groups excluding carboxylic acids is 1. The summed E-state index contributed by atoms with van der Waals surface area (Å²) in [7, 11) is 0. The van der Waals surface area contributed by atoms with Crippen molar-refractivity contribution in [1.82, 2.24) is 9.88 Å². The van der Waals surface area contributed by atoms with Gasteiger partial charge in [0.2, 0.25) is 0 Å². The minimum Gasteiger partial charge on any atom is -0.483 e. The summed E-state index contributed by atoms with van der Waals surface area (Å²) >= 11 is 0. The molecular weight excluding hydrogens is 348 g/mol. The molecule has 0 unspecified atom stereocenters. The third-order valence-electron chi connectivity index (χ3n) is 5.00. The van der Waals surface area contributed by atoms with E-state index < -0.39 is 34.2 Å². The molecule has 0 radical (unpaired) electrons. The van der Waals surface area contributed by atoms with Crippen molar-refractivity contribution in [3.8, 4) is 0 Å². The lowest BCUT2D eigenvalue weighted by Gasteiger charge is -2.20. The number of aromatic amines is 1. The number of rotatable bonds is 3. The summed E-state index contributed by atoms with van der Waals surface area (Å²) < 4.78 is 0. The number of aryl methyl sites for hydroxylation is 2. The molecule has 2 atom stereocenters. The first kappa shape index (κ1) is 19.2. The fourth-order valence-corrected chi connectivity index (χ4v) is 3.71. The van der Waals surface area contributed by atoms with Gasteiger partial charge in [-0.3, -0.25) is 24.0 Å². The van der Waals surface area contributed by atoms with Gasteiger partial charge in [0.25, 0.3) is 17.9 Å². The number of aromatic nitrogens is 1. The Morgan fingerprint density at radius 1 is 1.15 bits per heavy atom. The Morgan fingerprint density at radius 2 is 1.62 bits per heavy atom. The van der Waals surface area contributed by atoms with Crippen molar-refractivity contribution in [2.45, 2.75) is 20.3 Å². The van der Waals surface area contributed by atoms with E-state index >= 15 is 0 Å². The molecule has 2 fully saturated rings. The summed E-state index contributed by atoms with van der Waals surface area (Å²) in [4.78, 5) is 59.7. The maximum Gasteiger partial charge on any atom is 0.312 e. The summed E-state index contributed by atoms with van der Waals surface area (Å²) in [6, 6.07) is 1.64. The average molecular weight is 366 g/mol. The summed E-state index contributed by atoms with van der Waals surface area (Å²) in [5.41, 5.74) is -2.43. The average Bonchev–Trinajstić information content (AvgIpc) is 3.05. The van der Waals surface area contributed by atoms with Crippen molar-refractivity contribution >= 4 is 24.3 Å². The number of carboxylic acid groups (broad SMARTS) is 3. The van der Waals surface area contributed by atoms with Gasteiger partial charge in [-0.25, -0.2) is 0 Å². The number of pyridine rings is 1. The monoisotopic (exact) mass is 366 g/mol. The van der Waals surface area contributed by atoms with Crippen molar-refractivity contribution in [3.05, 3.63) is 33.2 Å². The largest absolute Gasteiger partial charge is 0.483 e. The normalized spacial score (nSPS) is 25.5. The molecule has 0 aromatic carbocycles. The first-order valence-corrected chi connectivity index (χ1v) is 7.61. The molecule has 1 aliphatic heterocycles. The minimum absolute atomic E-state index is 0.0116. The number of nitrogens with zero attached hydrogens (tertiary/aromatic N) is 1. The van der Waals surface area contributed by atoms with Crippen LogP contribution in [0.15, 0.2) is 10.9 Å². The molecule has 140 valence electrons. The zero-order valence-corrected chi connectivity index (χ0v) is 14.1. The van der Waals surface area contributed by atoms with Gasteiger partial charge in [-0.15, -0.1) is 0 Å². The van der Waals surface area contributed by atoms with Crippen LogP contribution >= 0.6 is 0 Å². The molecule has 1 aromatic heterocycles. The molecular formula is C16H18N2O8. The van der Waals surface area contributed by atoms with Gasteiger partial charge in [0, 0.05) is 18.8 Å². The predicted molar refractivity (Wildman–Crippen MR) is 85.9 cm³/mol. The topological polar surface area (TPSA) is 165 Å². The Balaban J connectivity index is 0.000000758. The zero-order valence-electron chi connectivity index (χ0n) is 14.1. The molecule has 26 heavy (non-hydrogen) atoms. The molecule has 3 rings (SSSR count). The lowest BCUT2D eigenvalue weighted by atomic mass is 9.97. The fourth-order valence-electron chi connectivity index (χ4n) is 3.71.